The molecule has 140 valence electrons. The monoisotopic (exact) mass is 366 g/mol. The first kappa shape index (κ1) is 18.5. The fraction of sp³-hybridized carbons (Fsp3) is 0.238. The molecule has 1 N–H and O–H groups in total. The minimum atomic E-state index is -0.193. The van der Waals surface area contributed by atoms with E-state index in [1.807, 2.05) is 43.3 Å². The largest absolute Gasteiger partial charge is 0.493 e. The molecule has 2 aromatic rings. The number of hydrogen-bond acceptors (Lipinski definition) is 4. The molecule has 3 rings (SSSR count). The molecule has 0 fully saturated rings. The first-order chi connectivity index (χ1) is 13.0. The van der Waals surface area contributed by atoms with Crippen LogP contribution in [0.2, 0.25) is 0 Å². The molecule has 0 atom stereocenters. The second kappa shape index (κ2) is 7.95. The highest BCUT2D eigenvalue weighted by atomic mass is 16.5. The lowest BCUT2D eigenvalue weighted by atomic mass is 10.0. The second-order valence-corrected chi connectivity index (χ2v) is 6.09. The Morgan fingerprint density at radius 1 is 1.19 bits per heavy atom. The summed E-state index contributed by atoms with van der Waals surface area (Å²) in [4.78, 5) is 25.8. The summed E-state index contributed by atoms with van der Waals surface area (Å²) in [6.45, 7) is 2.32. The highest BCUT2D eigenvalue weighted by Gasteiger charge is 2.29. The van der Waals surface area contributed by atoms with Gasteiger partial charge in [0.15, 0.2) is 18.1 Å². The molecule has 0 aliphatic carbocycles. The standard InChI is InChI=1S/C21H22N2O4/c1-4-22-20(24)13-27-18-10-9-14(12-19(18)26-3)11-16-15-7-5-6-8-17(15)23(2)21(16)25/h5-12H,4,13H2,1-3H3,(H,22,24). The van der Waals surface area contributed by atoms with E-state index in [2.05, 4.69) is 5.32 Å². The minimum absolute atomic E-state index is 0.0493. The number of rotatable bonds is 6. The summed E-state index contributed by atoms with van der Waals surface area (Å²) in [6, 6.07) is 13.0. The average molecular weight is 366 g/mol. The van der Waals surface area contributed by atoms with Crippen molar-refractivity contribution in [2.24, 2.45) is 0 Å². The molecule has 0 saturated carbocycles. The smallest absolute Gasteiger partial charge is 0.258 e. The van der Waals surface area contributed by atoms with Crippen molar-refractivity contribution in [1.29, 1.82) is 0 Å². The van der Waals surface area contributed by atoms with E-state index in [0.29, 0.717) is 23.6 Å². The van der Waals surface area contributed by atoms with E-state index < -0.39 is 0 Å². The molecule has 6 nitrogen and oxygen atoms in total. The number of para-hydroxylation sites is 1. The van der Waals surface area contributed by atoms with Crippen LogP contribution in [0.25, 0.3) is 11.6 Å². The number of methoxy groups -OCH3 is 1. The van der Waals surface area contributed by atoms with Crippen LogP contribution in [0.3, 0.4) is 0 Å². The molecule has 0 aromatic heterocycles. The molecule has 0 radical (unpaired) electrons. The SMILES string of the molecule is CCNC(=O)COc1ccc(C=C2C(=O)N(C)c3ccccc32)cc1OC. The van der Waals surface area contributed by atoms with Crippen molar-refractivity contribution >= 4 is 29.2 Å². The number of likely N-dealkylation sites (N-methyl/N-ethyl adjacent to an activating group) is 2. The number of benzene rings is 2. The van der Waals surface area contributed by atoms with Gasteiger partial charge in [0.1, 0.15) is 0 Å². The fourth-order valence-electron chi connectivity index (χ4n) is 2.99. The van der Waals surface area contributed by atoms with E-state index in [1.165, 1.54) is 7.11 Å². The van der Waals surface area contributed by atoms with Gasteiger partial charge in [-0.25, -0.2) is 0 Å². The van der Waals surface area contributed by atoms with Crippen molar-refractivity contribution in [3.05, 3.63) is 53.6 Å². The van der Waals surface area contributed by atoms with Gasteiger partial charge in [0, 0.05) is 24.7 Å². The molecule has 1 aliphatic heterocycles. The first-order valence-electron chi connectivity index (χ1n) is 8.71. The number of ether oxygens (including phenoxy) is 2. The predicted octanol–water partition coefficient (Wildman–Crippen LogP) is 2.73. The third-order valence-corrected chi connectivity index (χ3v) is 4.32. The van der Waals surface area contributed by atoms with Crippen molar-refractivity contribution in [1.82, 2.24) is 5.32 Å². The summed E-state index contributed by atoms with van der Waals surface area (Å²) in [7, 11) is 3.30. The quantitative estimate of drug-likeness (QED) is 0.799. The zero-order valence-corrected chi connectivity index (χ0v) is 15.6. The number of nitrogens with zero attached hydrogens (tertiary/aromatic N) is 1. The van der Waals surface area contributed by atoms with Gasteiger partial charge in [-0.2, -0.15) is 0 Å². The maximum absolute atomic E-state index is 12.6. The number of amides is 2. The van der Waals surface area contributed by atoms with Crippen LogP contribution >= 0.6 is 0 Å². The van der Waals surface area contributed by atoms with E-state index in [-0.39, 0.29) is 18.4 Å². The average Bonchev–Trinajstić information content (AvgIpc) is 2.92. The van der Waals surface area contributed by atoms with E-state index in [1.54, 1.807) is 24.1 Å². The van der Waals surface area contributed by atoms with Crippen LogP contribution in [-0.4, -0.2) is 39.1 Å². The van der Waals surface area contributed by atoms with Gasteiger partial charge < -0.3 is 19.7 Å². The number of nitrogens with one attached hydrogen (secondary N) is 1. The lowest BCUT2D eigenvalue weighted by molar-refractivity contribution is -0.123. The van der Waals surface area contributed by atoms with Crippen LogP contribution < -0.4 is 19.7 Å². The Morgan fingerprint density at radius 3 is 2.70 bits per heavy atom. The van der Waals surface area contributed by atoms with Crippen LogP contribution in [0, 0.1) is 0 Å². The minimum Gasteiger partial charge on any atom is -0.493 e. The van der Waals surface area contributed by atoms with Crippen LogP contribution in [-0.2, 0) is 9.59 Å². The van der Waals surface area contributed by atoms with Crippen molar-refractivity contribution in [2.75, 3.05) is 32.2 Å². The maximum atomic E-state index is 12.6. The van der Waals surface area contributed by atoms with Crippen LogP contribution in [0.15, 0.2) is 42.5 Å². The molecule has 0 saturated heterocycles. The Morgan fingerprint density at radius 2 is 1.96 bits per heavy atom. The van der Waals surface area contributed by atoms with E-state index in [0.717, 1.165) is 16.8 Å². The number of fused-ring (bicyclic) bond motifs is 1. The Labute approximate surface area is 158 Å². The Kier molecular flexibility index (Phi) is 5.45. The number of hydrogen-bond donors (Lipinski definition) is 1. The zero-order chi connectivity index (χ0) is 19.4. The van der Waals surface area contributed by atoms with E-state index in [9.17, 15) is 9.59 Å². The maximum Gasteiger partial charge on any atom is 0.258 e. The van der Waals surface area contributed by atoms with Crippen molar-refractivity contribution in [2.45, 2.75) is 6.92 Å². The summed E-state index contributed by atoms with van der Waals surface area (Å²) < 4.78 is 10.9. The van der Waals surface area contributed by atoms with Crippen molar-refractivity contribution in [3.63, 3.8) is 0 Å². The molecule has 2 aromatic carbocycles. The molecule has 1 heterocycles. The summed E-state index contributed by atoms with van der Waals surface area (Å²) in [6.07, 6.45) is 1.83. The summed E-state index contributed by atoms with van der Waals surface area (Å²) in [5, 5.41) is 2.67. The van der Waals surface area contributed by atoms with Gasteiger partial charge in [-0.05, 0) is 36.8 Å². The van der Waals surface area contributed by atoms with Gasteiger partial charge in [0.25, 0.3) is 11.8 Å². The van der Waals surface area contributed by atoms with Crippen molar-refractivity contribution < 1.29 is 19.1 Å². The zero-order valence-electron chi connectivity index (χ0n) is 15.6. The van der Waals surface area contributed by atoms with Gasteiger partial charge in [0.05, 0.1) is 12.8 Å². The Balaban J connectivity index is 1.87. The molecule has 6 heteroatoms. The van der Waals surface area contributed by atoms with Crippen LogP contribution in [0.4, 0.5) is 5.69 Å². The van der Waals surface area contributed by atoms with Gasteiger partial charge >= 0.3 is 0 Å². The van der Waals surface area contributed by atoms with Crippen LogP contribution in [0.5, 0.6) is 11.5 Å². The molecule has 2 amide bonds. The van der Waals surface area contributed by atoms with Gasteiger partial charge in [0.2, 0.25) is 0 Å². The second-order valence-electron chi connectivity index (χ2n) is 6.09. The predicted molar refractivity (Wildman–Crippen MR) is 105 cm³/mol. The van der Waals surface area contributed by atoms with Gasteiger partial charge in [-0.3, -0.25) is 9.59 Å². The van der Waals surface area contributed by atoms with E-state index >= 15 is 0 Å². The number of anilines is 1. The highest BCUT2D eigenvalue weighted by Crippen LogP contribution is 2.37. The molecule has 1 aliphatic rings. The molecular weight excluding hydrogens is 344 g/mol. The van der Waals surface area contributed by atoms with Gasteiger partial charge in [-0.1, -0.05) is 24.3 Å². The third kappa shape index (κ3) is 3.79. The lowest BCUT2D eigenvalue weighted by Crippen LogP contribution is -2.28. The van der Waals surface area contributed by atoms with Gasteiger partial charge in [-0.15, -0.1) is 0 Å². The summed E-state index contributed by atoms with van der Waals surface area (Å²) in [5.41, 5.74) is 3.24. The lowest BCUT2D eigenvalue weighted by Gasteiger charge is -2.11. The molecule has 0 unspecified atom stereocenters. The molecule has 27 heavy (non-hydrogen) atoms. The fourth-order valence-corrected chi connectivity index (χ4v) is 2.99. The summed E-state index contributed by atoms with van der Waals surface area (Å²) in [5.74, 6) is 0.732. The van der Waals surface area contributed by atoms with E-state index in [4.69, 9.17) is 9.47 Å². The number of carbonyl (C=O) groups excluding carboxylic acids is 2. The van der Waals surface area contributed by atoms with Crippen LogP contribution in [0.1, 0.15) is 18.1 Å². The third-order valence-electron chi connectivity index (χ3n) is 4.32. The Hall–Kier alpha value is -3.28. The summed E-state index contributed by atoms with van der Waals surface area (Å²) >= 11 is 0. The molecule has 0 bridgehead atoms. The van der Waals surface area contributed by atoms with Crippen molar-refractivity contribution in [3.8, 4) is 11.5 Å². The number of carbonyl (C=O) groups is 2. The molecular formula is C21H22N2O4. The topological polar surface area (TPSA) is 67.9 Å². The highest BCUT2D eigenvalue weighted by molar-refractivity contribution is 6.35. The Bertz CT molecular complexity index is 905. The first-order valence-corrected chi connectivity index (χ1v) is 8.71. The normalized spacial score (nSPS) is 14.3. The molecule has 0 spiro atoms.